The first kappa shape index (κ1) is 26.9. The van der Waals surface area contributed by atoms with E-state index in [4.69, 9.17) is 0 Å². The lowest BCUT2D eigenvalue weighted by Gasteiger charge is -2.13. The van der Waals surface area contributed by atoms with Crippen molar-refractivity contribution in [3.05, 3.63) is 57.2 Å². The van der Waals surface area contributed by atoms with Crippen LogP contribution in [0.5, 0.6) is 0 Å². The zero-order chi connectivity index (χ0) is 25.2. The number of hydrogen-bond donors (Lipinski definition) is 2. The number of unbranched alkanes of at least 4 members (excludes halogenated alkanes) is 2. The van der Waals surface area contributed by atoms with Crippen molar-refractivity contribution in [2.75, 3.05) is 5.75 Å². The van der Waals surface area contributed by atoms with E-state index in [2.05, 4.69) is 15.6 Å². The van der Waals surface area contributed by atoms with Crippen LogP contribution < -0.4 is 16.2 Å². The minimum absolute atomic E-state index is 0.0352. The van der Waals surface area contributed by atoms with Crippen LogP contribution in [0.15, 0.2) is 45.7 Å². The van der Waals surface area contributed by atoms with E-state index in [0.29, 0.717) is 34.9 Å². The van der Waals surface area contributed by atoms with Crippen molar-refractivity contribution in [3.63, 3.8) is 0 Å². The Morgan fingerprint density at radius 2 is 1.89 bits per heavy atom. The summed E-state index contributed by atoms with van der Waals surface area (Å²) in [6, 6.07) is 10.1. The third-order valence-electron chi connectivity index (χ3n) is 5.78. The number of benzene rings is 1. The monoisotopic (exact) mass is 514 g/mol. The molecular weight excluding hydrogens is 480 g/mol. The molecule has 0 bridgehead atoms. The summed E-state index contributed by atoms with van der Waals surface area (Å²) in [4.78, 5) is 42.1. The van der Waals surface area contributed by atoms with Crippen LogP contribution in [0.3, 0.4) is 0 Å². The molecule has 188 valence electrons. The second-order valence-corrected chi connectivity index (χ2v) is 10.6. The van der Waals surface area contributed by atoms with Crippen LogP contribution in [-0.2, 0) is 22.7 Å². The summed E-state index contributed by atoms with van der Waals surface area (Å²) in [6.07, 6.45) is 3.66. The first-order chi connectivity index (χ1) is 16.9. The average molecular weight is 515 g/mol. The van der Waals surface area contributed by atoms with Crippen LogP contribution in [0.4, 0.5) is 0 Å². The smallest absolute Gasteiger partial charge is 0.272 e. The lowest BCUT2D eigenvalue weighted by Crippen LogP contribution is -2.33. The summed E-state index contributed by atoms with van der Waals surface area (Å²) in [5, 5.41) is 8.34. The van der Waals surface area contributed by atoms with Gasteiger partial charge in [0.15, 0.2) is 5.16 Å². The SMILES string of the molecule is CCC(C)NC(=O)CSc1nc2ccsc2c(=O)n1CCCCCC(=O)NCc1ccc(C)cc1. The number of fused-ring (bicyclic) bond motifs is 1. The maximum Gasteiger partial charge on any atom is 0.272 e. The quantitative estimate of drug-likeness (QED) is 0.197. The van der Waals surface area contributed by atoms with Gasteiger partial charge in [-0.25, -0.2) is 4.98 Å². The van der Waals surface area contributed by atoms with Crippen LogP contribution in [0.25, 0.3) is 10.2 Å². The van der Waals surface area contributed by atoms with Gasteiger partial charge in [-0.15, -0.1) is 11.3 Å². The van der Waals surface area contributed by atoms with Crippen molar-refractivity contribution in [1.82, 2.24) is 20.2 Å². The van der Waals surface area contributed by atoms with Gasteiger partial charge in [0.2, 0.25) is 11.8 Å². The summed E-state index contributed by atoms with van der Waals surface area (Å²) >= 11 is 2.68. The normalized spacial score (nSPS) is 12.0. The number of nitrogens with zero attached hydrogens (tertiary/aromatic N) is 2. The van der Waals surface area contributed by atoms with E-state index < -0.39 is 0 Å². The number of aromatic nitrogens is 2. The number of thiophene rings is 1. The van der Waals surface area contributed by atoms with Crippen LogP contribution in [0, 0.1) is 6.92 Å². The molecule has 35 heavy (non-hydrogen) atoms. The topological polar surface area (TPSA) is 93.1 Å². The second kappa shape index (κ2) is 13.4. The highest BCUT2D eigenvalue weighted by molar-refractivity contribution is 7.99. The Morgan fingerprint density at radius 3 is 2.63 bits per heavy atom. The molecule has 2 aromatic heterocycles. The molecule has 0 aliphatic carbocycles. The molecule has 1 atom stereocenters. The molecule has 2 N–H and O–H groups in total. The van der Waals surface area contributed by atoms with Gasteiger partial charge in [0.1, 0.15) is 4.70 Å². The fraction of sp³-hybridized carbons (Fsp3) is 0.462. The van der Waals surface area contributed by atoms with Gasteiger partial charge in [0.05, 0.1) is 11.3 Å². The number of carbonyl (C=O) groups is 2. The highest BCUT2D eigenvalue weighted by atomic mass is 32.2. The zero-order valence-corrected chi connectivity index (χ0v) is 22.3. The number of aryl methyl sites for hydroxylation is 1. The Labute approximate surface area is 214 Å². The van der Waals surface area contributed by atoms with Gasteiger partial charge in [-0.3, -0.25) is 19.0 Å². The molecule has 2 heterocycles. The van der Waals surface area contributed by atoms with Gasteiger partial charge in [0.25, 0.3) is 5.56 Å². The van der Waals surface area contributed by atoms with E-state index in [1.165, 1.54) is 28.7 Å². The Bertz CT molecular complexity index is 1190. The molecule has 9 heteroatoms. The van der Waals surface area contributed by atoms with Gasteiger partial charge in [-0.05, 0) is 50.1 Å². The standard InChI is InChI=1S/C26H34N4O3S2/c1-4-19(3)28-23(32)17-35-26-29-21-13-15-34-24(21)25(33)30(26)14-7-5-6-8-22(31)27-16-20-11-9-18(2)10-12-20/h9-13,15,19H,4-8,14,16-17H2,1-3H3,(H,27,31)(H,28,32). The van der Waals surface area contributed by atoms with E-state index in [9.17, 15) is 14.4 Å². The molecule has 0 saturated heterocycles. The van der Waals surface area contributed by atoms with E-state index in [1.54, 1.807) is 4.57 Å². The minimum atomic E-state index is -0.0642. The Hall–Kier alpha value is -2.65. The Balaban J connectivity index is 1.50. The molecule has 0 aliphatic rings. The van der Waals surface area contributed by atoms with Crippen LogP contribution >= 0.6 is 23.1 Å². The van der Waals surface area contributed by atoms with E-state index in [0.717, 1.165) is 31.2 Å². The lowest BCUT2D eigenvalue weighted by atomic mass is 10.1. The molecule has 1 aromatic carbocycles. The molecule has 7 nitrogen and oxygen atoms in total. The largest absolute Gasteiger partial charge is 0.353 e. The molecule has 0 aliphatic heterocycles. The summed E-state index contributed by atoms with van der Waals surface area (Å²) < 4.78 is 2.31. The molecular formula is C26H34N4O3S2. The molecule has 0 saturated carbocycles. The van der Waals surface area contributed by atoms with Gasteiger partial charge in [-0.2, -0.15) is 0 Å². The lowest BCUT2D eigenvalue weighted by molar-refractivity contribution is -0.121. The second-order valence-electron chi connectivity index (χ2n) is 8.72. The summed E-state index contributed by atoms with van der Waals surface area (Å²) in [6.45, 7) is 7.08. The number of thioether (sulfide) groups is 1. The van der Waals surface area contributed by atoms with E-state index in [-0.39, 0.29) is 29.2 Å². The molecule has 0 radical (unpaired) electrons. The van der Waals surface area contributed by atoms with Crippen molar-refractivity contribution < 1.29 is 9.59 Å². The first-order valence-corrected chi connectivity index (χ1v) is 14.0. The third kappa shape index (κ3) is 8.21. The van der Waals surface area contributed by atoms with Crippen molar-refractivity contribution in [2.45, 2.75) is 77.2 Å². The van der Waals surface area contributed by atoms with Crippen LogP contribution in [0.2, 0.25) is 0 Å². The van der Waals surface area contributed by atoms with Gasteiger partial charge >= 0.3 is 0 Å². The average Bonchev–Trinajstić information content (AvgIpc) is 3.32. The molecule has 2 amide bonds. The number of hydrogen-bond acceptors (Lipinski definition) is 6. The zero-order valence-electron chi connectivity index (χ0n) is 20.6. The third-order valence-corrected chi connectivity index (χ3v) is 7.65. The Kier molecular flexibility index (Phi) is 10.3. The summed E-state index contributed by atoms with van der Waals surface area (Å²) in [7, 11) is 0. The minimum Gasteiger partial charge on any atom is -0.353 e. The van der Waals surface area contributed by atoms with Crippen LogP contribution in [-0.4, -0.2) is 33.2 Å². The van der Waals surface area contributed by atoms with Crippen molar-refractivity contribution >= 4 is 45.1 Å². The van der Waals surface area contributed by atoms with Crippen molar-refractivity contribution in [3.8, 4) is 0 Å². The molecule has 0 spiro atoms. The number of rotatable bonds is 13. The maximum absolute atomic E-state index is 13.0. The van der Waals surface area contributed by atoms with Gasteiger partial charge < -0.3 is 10.6 Å². The summed E-state index contributed by atoms with van der Waals surface area (Å²) in [5.74, 6) is 0.188. The molecule has 0 fully saturated rings. The molecule has 3 aromatic rings. The predicted molar refractivity (Wildman–Crippen MR) is 144 cm³/mol. The molecule has 3 rings (SSSR count). The number of carbonyl (C=O) groups excluding carboxylic acids is 2. The number of amides is 2. The molecule has 1 unspecified atom stereocenters. The highest BCUT2D eigenvalue weighted by Crippen LogP contribution is 2.21. The number of nitrogens with one attached hydrogen (secondary N) is 2. The van der Waals surface area contributed by atoms with Gasteiger partial charge in [-0.1, -0.05) is 54.9 Å². The van der Waals surface area contributed by atoms with Crippen molar-refractivity contribution in [1.29, 1.82) is 0 Å². The maximum atomic E-state index is 13.0. The van der Waals surface area contributed by atoms with Gasteiger partial charge in [0, 0.05) is 25.6 Å². The Morgan fingerprint density at radius 1 is 1.11 bits per heavy atom. The summed E-state index contributed by atoms with van der Waals surface area (Å²) in [5.41, 5.74) is 2.89. The van der Waals surface area contributed by atoms with Crippen LogP contribution in [0.1, 0.15) is 57.1 Å². The first-order valence-electron chi connectivity index (χ1n) is 12.1. The fourth-order valence-corrected chi connectivity index (χ4v) is 5.12. The van der Waals surface area contributed by atoms with E-state index in [1.807, 2.05) is 56.5 Å². The van der Waals surface area contributed by atoms with E-state index >= 15 is 0 Å². The van der Waals surface area contributed by atoms with Crippen molar-refractivity contribution in [2.24, 2.45) is 0 Å². The predicted octanol–water partition coefficient (Wildman–Crippen LogP) is 4.65. The highest BCUT2D eigenvalue weighted by Gasteiger charge is 2.15. The fourth-order valence-electron chi connectivity index (χ4n) is 3.51.